The smallest absolute Gasteiger partial charge is 0.336 e. The Bertz CT molecular complexity index is 680. The molecule has 4 heteroatoms. The third-order valence-electron chi connectivity index (χ3n) is 3.05. The van der Waals surface area contributed by atoms with Gasteiger partial charge in [0.15, 0.2) is 0 Å². The van der Waals surface area contributed by atoms with Crippen LogP contribution in [0.5, 0.6) is 5.75 Å². The number of hydrogen-bond acceptors (Lipinski definition) is 4. The second-order valence-electron chi connectivity index (χ2n) is 4.60. The molecule has 1 aliphatic rings. The zero-order chi connectivity index (χ0) is 12.7. The average molecular weight is 244 g/mol. The first-order chi connectivity index (χ1) is 8.63. The fourth-order valence-corrected chi connectivity index (χ4v) is 1.89. The van der Waals surface area contributed by atoms with Gasteiger partial charge in [0.25, 0.3) is 0 Å². The van der Waals surface area contributed by atoms with Crippen LogP contribution in [0, 0.1) is 12.8 Å². The highest BCUT2D eigenvalue weighted by atomic mass is 16.5. The van der Waals surface area contributed by atoms with Crippen molar-refractivity contribution in [1.82, 2.24) is 0 Å². The number of hydrogen-bond donors (Lipinski definition) is 0. The van der Waals surface area contributed by atoms with E-state index in [1.54, 1.807) is 18.2 Å². The zero-order valence-electron chi connectivity index (χ0n) is 9.93. The molecule has 0 radical (unpaired) electrons. The second kappa shape index (κ2) is 3.98. The van der Waals surface area contributed by atoms with Gasteiger partial charge in [0.05, 0.1) is 5.92 Å². The lowest BCUT2D eigenvalue weighted by Gasteiger charge is -2.05. The highest BCUT2D eigenvalue weighted by Crippen LogP contribution is 2.31. The van der Waals surface area contributed by atoms with Crippen molar-refractivity contribution in [3.8, 4) is 5.75 Å². The second-order valence-corrected chi connectivity index (χ2v) is 4.60. The number of carbonyl (C=O) groups excluding carboxylic acids is 1. The van der Waals surface area contributed by atoms with Crippen molar-refractivity contribution in [3.05, 3.63) is 40.2 Å². The molecule has 0 aliphatic heterocycles. The van der Waals surface area contributed by atoms with Gasteiger partial charge >= 0.3 is 11.6 Å². The quantitative estimate of drug-likeness (QED) is 0.462. The molecule has 0 N–H and O–H groups in total. The van der Waals surface area contributed by atoms with E-state index in [2.05, 4.69) is 0 Å². The molecule has 0 bridgehead atoms. The van der Waals surface area contributed by atoms with E-state index in [1.165, 1.54) is 6.07 Å². The number of benzene rings is 1. The van der Waals surface area contributed by atoms with Crippen molar-refractivity contribution in [1.29, 1.82) is 0 Å². The van der Waals surface area contributed by atoms with Crippen LogP contribution in [-0.2, 0) is 4.79 Å². The molecule has 0 unspecified atom stereocenters. The van der Waals surface area contributed by atoms with Crippen LogP contribution in [0.25, 0.3) is 11.0 Å². The van der Waals surface area contributed by atoms with Crippen molar-refractivity contribution in [2.75, 3.05) is 0 Å². The summed E-state index contributed by atoms with van der Waals surface area (Å²) in [6, 6.07) is 6.54. The first-order valence-electron chi connectivity index (χ1n) is 5.90. The van der Waals surface area contributed by atoms with Gasteiger partial charge in [0, 0.05) is 17.5 Å². The lowest BCUT2D eigenvalue weighted by Crippen LogP contribution is -2.09. The summed E-state index contributed by atoms with van der Waals surface area (Å²) >= 11 is 0. The van der Waals surface area contributed by atoms with E-state index in [0.717, 1.165) is 23.8 Å². The van der Waals surface area contributed by atoms with Crippen LogP contribution in [0.3, 0.4) is 0 Å². The van der Waals surface area contributed by atoms with Crippen molar-refractivity contribution >= 4 is 16.9 Å². The maximum Gasteiger partial charge on any atom is 0.336 e. The molecule has 92 valence electrons. The Morgan fingerprint density at radius 2 is 2.11 bits per heavy atom. The van der Waals surface area contributed by atoms with Gasteiger partial charge in [-0.3, -0.25) is 4.79 Å². The molecule has 1 fully saturated rings. The SMILES string of the molecule is Cc1cc(=O)oc2cc(OC(=O)C3CC3)ccc12. The number of rotatable bonds is 2. The maximum atomic E-state index is 11.5. The van der Waals surface area contributed by atoms with E-state index in [-0.39, 0.29) is 11.9 Å². The highest BCUT2D eigenvalue weighted by molar-refractivity contribution is 5.83. The molecule has 0 atom stereocenters. The van der Waals surface area contributed by atoms with Gasteiger partial charge < -0.3 is 9.15 Å². The number of ether oxygens (including phenoxy) is 1. The van der Waals surface area contributed by atoms with Crippen LogP contribution < -0.4 is 10.4 Å². The van der Waals surface area contributed by atoms with E-state index in [1.807, 2.05) is 6.92 Å². The molecule has 0 amide bonds. The molecular weight excluding hydrogens is 232 g/mol. The van der Waals surface area contributed by atoms with E-state index in [4.69, 9.17) is 9.15 Å². The molecule has 18 heavy (non-hydrogen) atoms. The summed E-state index contributed by atoms with van der Waals surface area (Å²) in [5, 5.41) is 0.848. The van der Waals surface area contributed by atoms with Crippen molar-refractivity contribution in [2.45, 2.75) is 19.8 Å². The Morgan fingerprint density at radius 1 is 1.33 bits per heavy atom. The Kier molecular flexibility index (Phi) is 2.44. The first-order valence-corrected chi connectivity index (χ1v) is 5.90. The Hall–Kier alpha value is -2.10. The van der Waals surface area contributed by atoms with E-state index >= 15 is 0 Å². The van der Waals surface area contributed by atoms with Crippen molar-refractivity contribution in [2.24, 2.45) is 5.92 Å². The summed E-state index contributed by atoms with van der Waals surface area (Å²) in [4.78, 5) is 22.8. The van der Waals surface area contributed by atoms with Crippen LogP contribution in [0.1, 0.15) is 18.4 Å². The van der Waals surface area contributed by atoms with Crippen molar-refractivity contribution < 1.29 is 13.9 Å². The monoisotopic (exact) mass is 244 g/mol. The molecule has 1 aromatic carbocycles. The Morgan fingerprint density at radius 3 is 2.83 bits per heavy atom. The molecule has 3 rings (SSSR count). The minimum atomic E-state index is -0.398. The van der Waals surface area contributed by atoms with Gasteiger partial charge in [-0.25, -0.2) is 4.79 Å². The molecule has 1 aromatic heterocycles. The predicted molar refractivity (Wildman–Crippen MR) is 65.6 cm³/mol. The molecule has 0 saturated heterocycles. The number of esters is 1. The van der Waals surface area contributed by atoms with Gasteiger partial charge in [0.1, 0.15) is 11.3 Å². The van der Waals surface area contributed by atoms with E-state index in [9.17, 15) is 9.59 Å². The first kappa shape index (κ1) is 11.0. The highest BCUT2D eigenvalue weighted by Gasteiger charge is 2.31. The third-order valence-corrected chi connectivity index (χ3v) is 3.05. The molecular formula is C14H12O4. The Balaban J connectivity index is 1.99. The zero-order valence-corrected chi connectivity index (χ0v) is 9.93. The topological polar surface area (TPSA) is 56.5 Å². The van der Waals surface area contributed by atoms with E-state index in [0.29, 0.717) is 11.3 Å². The van der Waals surface area contributed by atoms with E-state index < -0.39 is 5.63 Å². The number of aryl methyl sites for hydroxylation is 1. The molecule has 1 heterocycles. The summed E-state index contributed by atoms with van der Waals surface area (Å²) in [7, 11) is 0. The van der Waals surface area contributed by atoms with Crippen LogP contribution in [0.4, 0.5) is 0 Å². The van der Waals surface area contributed by atoms with Gasteiger partial charge in [-0.2, -0.15) is 0 Å². The third kappa shape index (κ3) is 2.01. The molecule has 4 nitrogen and oxygen atoms in total. The lowest BCUT2D eigenvalue weighted by molar-refractivity contribution is -0.135. The summed E-state index contributed by atoms with van der Waals surface area (Å²) in [5.41, 5.74) is 0.896. The molecule has 0 spiro atoms. The minimum absolute atomic E-state index is 0.0465. The average Bonchev–Trinajstić information content (AvgIpc) is 3.11. The summed E-state index contributed by atoms with van der Waals surface area (Å²) in [6.07, 6.45) is 1.81. The molecule has 1 aliphatic carbocycles. The van der Waals surface area contributed by atoms with Crippen LogP contribution in [-0.4, -0.2) is 5.97 Å². The number of carbonyl (C=O) groups is 1. The van der Waals surface area contributed by atoms with Gasteiger partial charge in [0.2, 0.25) is 0 Å². The fourth-order valence-electron chi connectivity index (χ4n) is 1.89. The van der Waals surface area contributed by atoms with Gasteiger partial charge in [-0.1, -0.05) is 0 Å². The summed E-state index contributed by atoms with van der Waals surface area (Å²) in [6.45, 7) is 1.84. The standard InChI is InChI=1S/C14H12O4/c1-8-6-13(15)18-12-7-10(4-5-11(8)12)17-14(16)9-2-3-9/h4-7,9H,2-3H2,1H3. The van der Waals surface area contributed by atoms with Crippen molar-refractivity contribution in [3.63, 3.8) is 0 Å². The molecule has 2 aromatic rings. The largest absolute Gasteiger partial charge is 0.426 e. The predicted octanol–water partition coefficient (Wildman–Crippen LogP) is 2.42. The van der Waals surface area contributed by atoms with Crippen LogP contribution in [0.2, 0.25) is 0 Å². The van der Waals surface area contributed by atoms with Gasteiger partial charge in [-0.05, 0) is 37.5 Å². The van der Waals surface area contributed by atoms with Crippen LogP contribution in [0.15, 0.2) is 33.5 Å². The minimum Gasteiger partial charge on any atom is -0.426 e. The van der Waals surface area contributed by atoms with Crippen LogP contribution >= 0.6 is 0 Å². The number of fused-ring (bicyclic) bond motifs is 1. The maximum absolute atomic E-state index is 11.5. The van der Waals surface area contributed by atoms with Gasteiger partial charge in [-0.15, -0.1) is 0 Å². The molecule has 1 saturated carbocycles. The normalized spacial score (nSPS) is 14.7. The summed E-state index contributed by atoms with van der Waals surface area (Å²) < 4.78 is 10.3. The Labute approximate surface area is 103 Å². The lowest BCUT2D eigenvalue weighted by atomic mass is 10.1. The fraction of sp³-hybridized carbons (Fsp3) is 0.286. The summed E-state index contributed by atoms with van der Waals surface area (Å²) in [5.74, 6) is 0.266.